The molecule has 0 aromatic heterocycles. The molecular formula is C7H16OSi. The summed E-state index contributed by atoms with van der Waals surface area (Å²) in [6, 6.07) is 0. The van der Waals surface area contributed by atoms with Crippen LogP contribution >= 0.6 is 0 Å². The second-order valence-corrected chi connectivity index (χ2v) is 8.10. The normalized spacial score (nSPS) is 13.7. The van der Waals surface area contributed by atoms with Crippen molar-refractivity contribution in [2.45, 2.75) is 26.6 Å². The number of hydrogen-bond acceptors (Lipinski definition) is 1. The Bertz CT molecular complexity index is 111. The Kier molecular flexibility index (Phi) is 2.98. The van der Waals surface area contributed by atoms with E-state index in [2.05, 4.69) is 25.7 Å². The highest BCUT2D eigenvalue weighted by Gasteiger charge is 2.19. The largest absolute Gasteiger partial charge is 0.507 e. The molecule has 0 spiro atoms. The van der Waals surface area contributed by atoms with Crippen LogP contribution in [0.5, 0.6) is 0 Å². The summed E-state index contributed by atoms with van der Waals surface area (Å²) in [6.45, 7) is 8.83. The molecule has 0 aromatic carbocycles. The molecule has 1 nitrogen and oxygen atoms in total. The first-order valence-corrected chi connectivity index (χ1v) is 6.73. The minimum atomic E-state index is -1.15. The SMILES string of the molecule is C/C=C(\OC)[Si](C)(C)C. The molecule has 0 radical (unpaired) electrons. The first-order chi connectivity index (χ1) is 4.02. The molecule has 0 unspecified atom stereocenters. The van der Waals surface area contributed by atoms with Gasteiger partial charge in [-0.05, 0) is 6.92 Å². The molecule has 0 saturated heterocycles. The number of hydrogen-bond donors (Lipinski definition) is 0. The molecular weight excluding hydrogens is 128 g/mol. The first kappa shape index (κ1) is 8.76. The van der Waals surface area contributed by atoms with Gasteiger partial charge in [0.05, 0.1) is 12.5 Å². The monoisotopic (exact) mass is 144 g/mol. The van der Waals surface area contributed by atoms with Crippen molar-refractivity contribution in [1.29, 1.82) is 0 Å². The van der Waals surface area contributed by atoms with Crippen LogP contribution in [0, 0.1) is 0 Å². The molecule has 0 amide bonds. The maximum absolute atomic E-state index is 5.19. The summed E-state index contributed by atoms with van der Waals surface area (Å²) in [7, 11) is 0.596. The second kappa shape index (κ2) is 3.06. The third-order valence-corrected chi connectivity index (χ3v) is 3.19. The van der Waals surface area contributed by atoms with E-state index in [4.69, 9.17) is 4.74 Å². The van der Waals surface area contributed by atoms with Gasteiger partial charge in [-0.25, -0.2) is 0 Å². The Labute approximate surface area is 58.7 Å². The number of rotatable bonds is 2. The molecule has 0 heterocycles. The van der Waals surface area contributed by atoms with Crippen LogP contribution < -0.4 is 0 Å². The van der Waals surface area contributed by atoms with Crippen molar-refractivity contribution < 1.29 is 4.74 Å². The van der Waals surface area contributed by atoms with Crippen molar-refractivity contribution in [2.75, 3.05) is 7.11 Å². The lowest BCUT2D eigenvalue weighted by Gasteiger charge is -2.18. The second-order valence-electron chi connectivity index (χ2n) is 3.11. The number of ether oxygens (including phenoxy) is 1. The highest BCUT2D eigenvalue weighted by Crippen LogP contribution is 2.13. The van der Waals surface area contributed by atoms with Crippen LogP contribution in [0.3, 0.4) is 0 Å². The molecule has 0 rings (SSSR count). The van der Waals surface area contributed by atoms with E-state index in [-0.39, 0.29) is 0 Å². The van der Waals surface area contributed by atoms with Gasteiger partial charge in [0.25, 0.3) is 0 Å². The molecule has 0 atom stereocenters. The predicted molar refractivity (Wildman–Crippen MR) is 44.1 cm³/mol. The zero-order valence-electron chi connectivity index (χ0n) is 6.99. The van der Waals surface area contributed by atoms with Gasteiger partial charge in [0.15, 0.2) is 0 Å². The lowest BCUT2D eigenvalue weighted by Crippen LogP contribution is -2.24. The highest BCUT2D eigenvalue weighted by atomic mass is 28.3. The Morgan fingerprint density at radius 1 is 1.33 bits per heavy atom. The van der Waals surface area contributed by atoms with Crippen LogP contribution in [-0.4, -0.2) is 15.2 Å². The predicted octanol–water partition coefficient (Wildman–Crippen LogP) is 2.41. The molecule has 9 heavy (non-hydrogen) atoms. The zero-order valence-corrected chi connectivity index (χ0v) is 7.99. The molecule has 0 aliphatic rings. The summed E-state index contributed by atoms with van der Waals surface area (Å²) in [5, 5.41) is 1.18. The van der Waals surface area contributed by atoms with E-state index in [1.54, 1.807) is 7.11 Å². The first-order valence-electron chi connectivity index (χ1n) is 3.23. The Morgan fingerprint density at radius 3 is 1.78 bits per heavy atom. The van der Waals surface area contributed by atoms with Crippen LogP contribution in [0.2, 0.25) is 19.6 Å². The van der Waals surface area contributed by atoms with Gasteiger partial charge in [0.1, 0.15) is 8.07 Å². The van der Waals surface area contributed by atoms with Crippen molar-refractivity contribution >= 4 is 8.07 Å². The van der Waals surface area contributed by atoms with Crippen molar-refractivity contribution in [1.82, 2.24) is 0 Å². The van der Waals surface area contributed by atoms with Gasteiger partial charge < -0.3 is 4.74 Å². The highest BCUT2D eigenvalue weighted by molar-refractivity contribution is 6.82. The average Bonchev–Trinajstić information content (AvgIpc) is 1.65. The summed E-state index contributed by atoms with van der Waals surface area (Å²) in [5.74, 6) is 0. The molecule has 2 heteroatoms. The van der Waals surface area contributed by atoms with Crippen LogP contribution in [0.4, 0.5) is 0 Å². The van der Waals surface area contributed by atoms with Gasteiger partial charge in [-0.15, -0.1) is 0 Å². The topological polar surface area (TPSA) is 9.23 Å². The average molecular weight is 144 g/mol. The van der Waals surface area contributed by atoms with E-state index in [0.717, 1.165) is 0 Å². The molecule has 0 aliphatic heterocycles. The quantitative estimate of drug-likeness (QED) is 0.427. The molecule has 0 fully saturated rings. The van der Waals surface area contributed by atoms with E-state index in [9.17, 15) is 0 Å². The maximum Gasteiger partial charge on any atom is 0.122 e. The van der Waals surface area contributed by atoms with E-state index >= 15 is 0 Å². The van der Waals surface area contributed by atoms with Crippen molar-refractivity contribution in [3.05, 3.63) is 11.5 Å². The Hall–Kier alpha value is -0.243. The van der Waals surface area contributed by atoms with Crippen LogP contribution in [0.15, 0.2) is 11.5 Å². The lowest BCUT2D eigenvalue weighted by molar-refractivity contribution is 0.315. The summed E-state index contributed by atoms with van der Waals surface area (Å²) >= 11 is 0. The fraction of sp³-hybridized carbons (Fsp3) is 0.714. The van der Waals surface area contributed by atoms with Crippen LogP contribution in [0.1, 0.15) is 6.92 Å². The fourth-order valence-electron chi connectivity index (χ4n) is 0.857. The molecule has 54 valence electrons. The third kappa shape index (κ3) is 2.70. The molecule has 0 bridgehead atoms. The number of allylic oxidation sites excluding steroid dienone is 1. The maximum atomic E-state index is 5.19. The summed E-state index contributed by atoms with van der Waals surface area (Å²) in [4.78, 5) is 0. The molecule has 0 aromatic rings. The van der Waals surface area contributed by atoms with Crippen molar-refractivity contribution in [2.24, 2.45) is 0 Å². The minimum absolute atomic E-state index is 1.15. The lowest BCUT2D eigenvalue weighted by atomic mass is 10.7. The summed E-state index contributed by atoms with van der Waals surface area (Å²) in [5.41, 5.74) is 0. The van der Waals surface area contributed by atoms with Gasteiger partial charge in [-0.2, -0.15) is 0 Å². The Balaban J connectivity index is 4.14. The number of methoxy groups -OCH3 is 1. The van der Waals surface area contributed by atoms with Gasteiger partial charge in [0.2, 0.25) is 0 Å². The minimum Gasteiger partial charge on any atom is -0.507 e. The van der Waals surface area contributed by atoms with Crippen molar-refractivity contribution in [3.63, 3.8) is 0 Å². The van der Waals surface area contributed by atoms with Gasteiger partial charge in [-0.3, -0.25) is 0 Å². The van der Waals surface area contributed by atoms with Crippen LogP contribution in [-0.2, 0) is 4.74 Å². The van der Waals surface area contributed by atoms with Crippen molar-refractivity contribution in [3.8, 4) is 0 Å². The van der Waals surface area contributed by atoms with E-state index in [1.165, 1.54) is 5.38 Å². The summed E-state index contributed by atoms with van der Waals surface area (Å²) in [6.07, 6.45) is 2.06. The Morgan fingerprint density at radius 2 is 1.78 bits per heavy atom. The smallest absolute Gasteiger partial charge is 0.122 e. The van der Waals surface area contributed by atoms with E-state index in [0.29, 0.717) is 0 Å². The fourth-order valence-corrected chi connectivity index (χ4v) is 2.34. The van der Waals surface area contributed by atoms with Gasteiger partial charge in [-0.1, -0.05) is 25.7 Å². The molecule has 0 saturated carbocycles. The zero-order chi connectivity index (χ0) is 7.49. The van der Waals surface area contributed by atoms with E-state index < -0.39 is 8.07 Å². The molecule has 0 aliphatic carbocycles. The van der Waals surface area contributed by atoms with Gasteiger partial charge in [0, 0.05) is 0 Å². The summed E-state index contributed by atoms with van der Waals surface area (Å²) < 4.78 is 5.19. The third-order valence-electron chi connectivity index (χ3n) is 1.22. The van der Waals surface area contributed by atoms with Crippen LogP contribution in [0.25, 0.3) is 0 Å². The van der Waals surface area contributed by atoms with E-state index in [1.807, 2.05) is 6.92 Å². The molecule has 0 N–H and O–H groups in total. The standard InChI is InChI=1S/C7H16OSi/c1-6-7(8-2)9(3,4)5/h6H,1-5H3/b7-6+. The van der Waals surface area contributed by atoms with Gasteiger partial charge >= 0.3 is 0 Å².